The minimum Gasteiger partial charge on any atom is -0.447 e. The van der Waals surface area contributed by atoms with Crippen LogP contribution in [-0.2, 0) is 27.4 Å². The summed E-state index contributed by atoms with van der Waals surface area (Å²) in [7, 11) is 0.262. The minimum absolute atomic E-state index is 0.0567. The number of hydrogen-bond acceptors (Lipinski definition) is 4. The molecule has 188 valence electrons. The lowest BCUT2D eigenvalue weighted by Gasteiger charge is -2.36. The highest BCUT2D eigenvalue weighted by Gasteiger charge is 2.25. The number of thiol groups is 1. The lowest BCUT2D eigenvalue weighted by Crippen LogP contribution is -2.40. The van der Waals surface area contributed by atoms with Crippen LogP contribution in [0, 0.1) is 5.92 Å². The van der Waals surface area contributed by atoms with Crippen molar-refractivity contribution in [1.29, 1.82) is 0 Å². The van der Waals surface area contributed by atoms with Crippen LogP contribution in [0.1, 0.15) is 64.5 Å². The van der Waals surface area contributed by atoms with Gasteiger partial charge in [-0.15, -0.1) is 0 Å². The summed E-state index contributed by atoms with van der Waals surface area (Å²) in [6.45, 7) is 12.6. The molecule has 1 aromatic rings. The molecule has 0 spiro atoms. The lowest BCUT2D eigenvalue weighted by atomic mass is 9.92. The van der Waals surface area contributed by atoms with E-state index < -0.39 is 9.74 Å². The van der Waals surface area contributed by atoms with Crippen LogP contribution in [0.2, 0.25) is 0 Å². The van der Waals surface area contributed by atoms with Gasteiger partial charge in [-0.3, -0.25) is 4.21 Å². The molecule has 0 radical (unpaired) electrons. The van der Waals surface area contributed by atoms with Crippen LogP contribution in [-0.4, -0.2) is 64.1 Å². The SMILES string of the molecule is CC(C)OC(=O)N1CCC(CCCN(c2ccc3c(c2)CCN([SH](C)(=O)P)C3)C(C)C)CC1. The van der Waals surface area contributed by atoms with E-state index in [2.05, 4.69) is 49.7 Å². The van der Waals surface area contributed by atoms with Gasteiger partial charge in [-0.2, -0.15) is 0 Å². The molecule has 1 fully saturated rings. The zero-order valence-electron chi connectivity index (χ0n) is 21.1. The lowest BCUT2D eigenvalue weighted by molar-refractivity contribution is 0.0647. The molecular weight excluding hydrogens is 453 g/mol. The van der Waals surface area contributed by atoms with Crippen molar-refractivity contribution in [2.24, 2.45) is 5.92 Å². The molecule has 33 heavy (non-hydrogen) atoms. The van der Waals surface area contributed by atoms with Crippen molar-refractivity contribution in [2.45, 2.75) is 78.5 Å². The fourth-order valence-electron chi connectivity index (χ4n) is 4.96. The Morgan fingerprint density at radius 2 is 1.88 bits per heavy atom. The molecule has 1 atom stereocenters. The molecule has 1 amide bonds. The molecule has 3 rings (SSSR count). The van der Waals surface area contributed by atoms with Crippen molar-refractivity contribution in [3.63, 3.8) is 0 Å². The van der Waals surface area contributed by atoms with E-state index in [1.54, 1.807) is 0 Å². The third kappa shape index (κ3) is 7.40. The minimum atomic E-state index is -2.28. The average molecular weight is 498 g/mol. The van der Waals surface area contributed by atoms with Crippen LogP contribution in [0.4, 0.5) is 10.5 Å². The Bertz CT molecular complexity index is 849. The topological polar surface area (TPSA) is 53.1 Å². The van der Waals surface area contributed by atoms with E-state index in [-0.39, 0.29) is 12.2 Å². The summed E-state index contributed by atoms with van der Waals surface area (Å²) in [5.74, 6) is 0.688. The second-order valence-corrected chi connectivity index (χ2v) is 15.7. The third-order valence-electron chi connectivity index (χ3n) is 6.92. The number of ether oxygens (including phenoxy) is 1. The van der Waals surface area contributed by atoms with Gasteiger partial charge in [-0.1, -0.05) is 14.5 Å². The van der Waals surface area contributed by atoms with Gasteiger partial charge in [0, 0.05) is 50.7 Å². The molecule has 2 aliphatic rings. The van der Waals surface area contributed by atoms with Gasteiger partial charge in [0.2, 0.25) is 0 Å². The normalized spacial score (nSPS) is 18.5. The Hall–Kier alpha value is -1.17. The molecule has 0 saturated carbocycles. The predicted octanol–water partition coefficient (Wildman–Crippen LogP) is 4.65. The number of rotatable bonds is 8. The van der Waals surface area contributed by atoms with Gasteiger partial charge in [-0.25, -0.2) is 9.10 Å². The second-order valence-electron chi connectivity index (χ2n) is 10.3. The Morgan fingerprint density at radius 3 is 2.48 bits per heavy atom. The number of carbonyl (C=O) groups excluding carboxylic acids is 1. The first-order valence-corrected chi connectivity index (χ1v) is 16.2. The molecule has 0 aliphatic carbocycles. The van der Waals surface area contributed by atoms with E-state index in [4.69, 9.17) is 4.74 Å². The molecule has 1 saturated heterocycles. The maximum Gasteiger partial charge on any atom is 0.410 e. The largest absolute Gasteiger partial charge is 0.447 e. The zero-order valence-corrected chi connectivity index (χ0v) is 23.2. The Kier molecular flexibility index (Phi) is 9.22. The molecule has 8 heteroatoms. The van der Waals surface area contributed by atoms with Gasteiger partial charge in [0.1, 0.15) is 0 Å². The van der Waals surface area contributed by atoms with Crippen LogP contribution in [0.25, 0.3) is 0 Å². The summed E-state index contributed by atoms with van der Waals surface area (Å²) in [6.07, 6.45) is 7.08. The van der Waals surface area contributed by atoms with E-state index in [0.717, 1.165) is 58.4 Å². The Morgan fingerprint density at radius 1 is 1.18 bits per heavy atom. The molecule has 0 N–H and O–H groups in total. The summed E-state index contributed by atoms with van der Waals surface area (Å²) in [5, 5.41) is 0. The molecular formula is C25H44N3O3PS. The molecule has 1 unspecified atom stereocenters. The molecule has 6 nitrogen and oxygen atoms in total. The van der Waals surface area contributed by atoms with Crippen LogP contribution >= 0.6 is 8.44 Å². The predicted molar refractivity (Wildman–Crippen MR) is 143 cm³/mol. The molecule has 1 aromatic carbocycles. The molecule has 0 aromatic heterocycles. The standard InChI is InChI=1S/C25H44N3O3PS/c1-19(2)28(13-6-7-21-10-14-26(15-11-21)25(29)31-20(3)4)24-9-8-23-18-27(33(5,30)32)16-12-22(23)17-24/h8-9,17,19-21,33H,6-7,10-16,18,32H2,1-5H3. The van der Waals surface area contributed by atoms with Crippen molar-refractivity contribution in [3.05, 3.63) is 29.3 Å². The maximum absolute atomic E-state index is 12.4. The van der Waals surface area contributed by atoms with Gasteiger partial charge < -0.3 is 14.5 Å². The van der Waals surface area contributed by atoms with Crippen LogP contribution in [0.5, 0.6) is 0 Å². The van der Waals surface area contributed by atoms with Crippen molar-refractivity contribution >= 4 is 30.0 Å². The number of hydrogen-bond donors (Lipinski definition) is 1. The van der Waals surface area contributed by atoms with E-state index >= 15 is 0 Å². The van der Waals surface area contributed by atoms with Crippen molar-refractivity contribution < 1.29 is 13.7 Å². The number of nitrogens with zero attached hydrogens (tertiary/aromatic N) is 3. The van der Waals surface area contributed by atoms with Crippen LogP contribution in [0.15, 0.2) is 18.2 Å². The summed E-state index contributed by atoms with van der Waals surface area (Å²) in [6, 6.07) is 7.27. The second kappa shape index (κ2) is 11.5. The Labute approximate surface area is 203 Å². The average Bonchev–Trinajstić information content (AvgIpc) is 2.75. The Balaban J connectivity index is 1.51. The van der Waals surface area contributed by atoms with Crippen molar-refractivity contribution in [3.8, 4) is 0 Å². The summed E-state index contributed by atoms with van der Waals surface area (Å²) < 4.78 is 19.9. The van der Waals surface area contributed by atoms with E-state index in [9.17, 15) is 9.00 Å². The van der Waals surface area contributed by atoms with Crippen molar-refractivity contribution in [1.82, 2.24) is 9.21 Å². The van der Waals surface area contributed by atoms with E-state index in [1.807, 2.05) is 25.0 Å². The van der Waals surface area contributed by atoms with Crippen LogP contribution in [0.3, 0.4) is 0 Å². The summed E-state index contributed by atoms with van der Waals surface area (Å²) in [4.78, 5) is 16.5. The first-order chi connectivity index (χ1) is 15.5. The van der Waals surface area contributed by atoms with Gasteiger partial charge >= 0.3 is 6.09 Å². The first-order valence-electron chi connectivity index (χ1n) is 12.5. The van der Waals surface area contributed by atoms with Crippen LogP contribution < -0.4 is 4.90 Å². The fraction of sp³-hybridized carbons (Fsp3) is 0.720. The number of fused-ring (bicyclic) bond motifs is 1. The van der Waals surface area contributed by atoms with Gasteiger partial charge in [0.05, 0.1) is 6.10 Å². The van der Waals surface area contributed by atoms with E-state index in [1.165, 1.54) is 23.2 Å². The van der Waals surface area contributed by atoms with Gasteiger partial charge in [-0.05, 0) is 98.7 Å². The molecule has 2 aliphatic heterocycles. The quantitative estimate of drug-likeness (QED) is 0.420. The molecule has 2 heterocycles. The third-order valence-corrected chi connectivity index (χ3v) is 9.36. The number of benzene rings is 1. The van der Waals surface area contributed by atoms with Gasteiger partial charge in [0.15, 0.2) is 0 Å². The zero-order chi connectivity index (χ0) is 24.2. The fourth-order valence-corrected chi connectivity index (χ4v) is 6.48. The number of amides is 1. The maximum atomic E-state index is 12.4. The van der Waals surface area contributed by atoms with Gasteiger partial charge in [0.25, 0.3) is 0 Å². The molecule has 0 bridgehead atoms. The number of likely N-dealkylation sites (tertiary alicyclic amines) is 1. The van der Waals surface area contributed by atoms with E-state index in [0.29, 0.717) is 12.0 Å². The number of piperidine rings is 1. The smallest absolute Gasteiger partial charge is 0.410 e. The summed E-state index contributed by atoms with van der Waals surface area (Å²) >= 11 is 0. The number of carbonyl (C=O) groups is 1. The number of anilines is 1. The highest BCUT2D eigenvalue weighted by molar-refractivity contribution is 8.43. The highest BCUT2D eigenvalue weighted by Crippen LogP contribution is 2.30. The monoisotopic (exact) mass is 497 g/mol. The summed E-state index contributed by atoms with van der Waals surface area (Å²) in [5.41, 5.74) is 4.00. The van der Waals surface area contributed by atoms with Crippen molar-refractivity contribution in [2.75, 3.05) is 37.3 Å². The highest BCUT2D eigenvalue weighted by atomic mass is 32.8. The first kappa shape index (κ1) is 26.4.